The second-order valence-corrected chi connectivity index (χ2v) is 2.73. The molecule has 1 rings (SSSR count). The van der Waals surface area contributed by atoms with Crippen molar-refractivity contribution in [1.29, 1.82) is 0 Å². The average Bonchev–Trinajstić information content (AvgIpc) is 2.08. The van der Waals surface area contributed by atoms with Gasteiger partial charge >= 0.3 is 0 Å². The molecule has 12 heavy (non-hydrogen) atoms. The van der Waals surface area contributed by atoms with Crippen LogP contribution in [0.5, 0.6) is 0 Å². The van der Waals surface area contributed by atoms with E-state index in [1.54, 1.807) is 0 Å². The quantitative estimate of drug-likeness (QED) is 0.637. The van der Waals surface area contributed by atoms with Crippen LogP contribution < -0.4 is 5.32 Å². The van der Waals surface area contributed by atoms with E-state index in [0.29, 0.717) is 5.56 Å². The molecule has 0 aliphatic rings. The Morgan fingerprint density at radius 1 is 1.58 bits per heavy atom. The van der Waals surface area contributed by atoms with Crippen molar-refractivity contribution in [3.63, 3.8) is 0 Å². The summed E-state index contributed by atoms with van der Waals surface area (Å²) >= 11 is 3.85. The first-order valence-corrected chi connectivity index (χ1v) is 3.80. The average molecular weight is 185 g/mol. The van der Waals surface area contributed by atoms with Crippen LogP contribution in [0.15, 0.2) is 23.1 Å². The second kappa shape index (κ2) is 3.58. The standard InChI is InChI=1S/C8H8FNOS/c1-10-8(11)5-2-3-6(9)7(12)4-5/h2-4,12H,1H3,(H,10,11). The molecule has 0 fully saturated rings. The predicted octanol–water partition coefficient (Wildman–Crippen LogP) is 1.47. The third kappa shape index (κ3) is 1.76. The monoisotopic (exact) mass is 185 g/mol. The Labute approximate surface area is 75.2 Å². The van der Waals surface area contributed by atoms with Crippen LogP contribution in [0.2, 0.25) is 0 Å². The lowest BCUT2D eigenvalue weighted by Crippen LogP contribution is -2.17. The molecular weight excluding hydrogens is 177 g/mol. The lowest BCUT2D eigenvalue weighted by atomic mass is 10.2. The highest BCUT2D eigenvalue weighted by atomic mass is 32.1. The zero-order valence-electron chi connectivity index (χ0n) is 6.47. The predicted molar refractivity (Wildman–Crippen MR) is 47.0 cm³/mol. The van der Waals surface area contributed by atoms with E-state index in [2.05, 4.69) is 17.9 Å². The van der Waals surface area contributed by atoms with Gasteiger partial charge in [-0.1, -0.05) is 0 Å². The summed E-state index contributed by atoms with van der Waals surface area (Å²) in [7, 11) is 1.52. The van der Waals surface area contributed by atoms with E-state index in [1.807, 2.05) is 0 Å². The number of thiol groups is 1. The van der Waals surface area contributed by atoms with Gasteiger partial charge in [-0.3, -0.25) is 4.79 Å². The van der Waals surface area contributed by atoms with Gasteiger partial charge in [-0.25, -0.2) is 4.39 Å². The minimum Gasteiger partial charge on any atom is -0.355 e. The molecule has 0 aliphatic heterocycles. The molecule has 1 aromatic rings. The number of amides is 1. The number of halogens is 1. The van der Waals surface area contributed by atoms with Crippen molar-refractivity contribution in [3.05, 3.63) is 29.6 Å². The number of rotatable bonds is 1. The van der Waals surface area contributed by atoms with E-state index < -0.39 is 5.82 Å². The van der Waals surface area contributed by atoms with Gasteiger partial charge in [0.05, 0.1) is 0 Å². The maximum atomic E-state index is 12.7. The summed E-state index contributed by atoms with van der Waals surface area (Å²) in [4.78, 5) is 11.2. The Hall–Kier alpha value is -1.03. The first-order valence-electron chi connectivity index (χ1n) is 3.35. The Morgan fingerprint density at radius 3 is 2.75 bits per heavy atom. The highest BCUT2D eigenvalue weighted by Gasteiger charge is 2.04. The second-order valence-electron chi connectivity index (χ2n) is 2.25. The van der Waals surface area contributed by atoms with E-state index >= 15 is 0 Å². The molecule has 1 amide bonds. The Kier molecular flexibility index (Phi) is 2.70. The van der Waals surface area contributed by atoms with Gasteiger partial charge in [0.15, 0.2) is 0 Å². The third-order valence-electron chi connectivity index (χ3n) is 1.44. The van der Waals surface area contributed by atoms with Gasteiger partial charge in [0.1, 0.15) is 5.82 Å². The molecule has 2 nitrogen and oxygen atoms in total. The molecule has 0 radical (unpaired) electrons. The van der Waals surface area contributed by atoms with Gasteiger partial charge in [-0.05, 0) is 18.2 Å². The summed E-state index contributed by atoms with van der Waals surface area (Å²) in [6.07, 6.45) is 0. The fourth-order valence-corrected chi connectivity index (χ4v) is 1.01. The molecule has 1 aromatic carbocycles. The SMILES string of the molecule is CNC(=O)c1ccc(F)c(S)c1. The molecule has 0 aliphatic carbocycles. The number of hydrogen-bond acceptors (Lipinski definition) is 2. The summed E-state index contributed by atoms with van der Waals surface area (Å²) in [6, 6.07) is 4.01. The number of hydrogen-bond donors (Lipinski definition) is 2. The van der Waals surface area contributed by atoms with Crippen molar-refractivity contribution in [1.82, 2.24) is 5.32 Å². The van der Waals surface area contributed by atoms with Crippen molar-refractivity contribution in [3.8, 4) is 0 Å². The van der Waals surface area contributed by atoms with Gasteiger partial charge in [0.2, 0.25) is 0 Å². The fourth-order valence-electron chi connectivity index (χ4n) is 0.798. The summed E-state index contributed by atoms with van der Waals surface area (Å²) in [5.74, 6) is -0.670. The minimum atomic E-state index is -0.425. The molecule has 0 saturated heterocycles. The molecule has 0 bridgehead atoms. The van der Waals surface area contributed by atoms with Crippen molar-refractivity contribution < 1.29 is 9.18 Å². The molecule has 0 heterocycles. The van der Waals surface area contributed by atoms with Gasteiger partial charge in [0.25, 0.3) is 5.91 Å². The van der Waals surface area contributed by atoms with E-state index in [9.17, 15) is 9.18 Å². The topological polar surface area (TPSA) is 29.1 Å². The van der Waals surface area contributed by atoms with Crippen molar-refractivity contribution in [2.75, 3.05) is 7.05 Å². The summed E-state index contributed by atoms with van der Waals surface area (Å²) in [6.45, 7) is 0. The number of carbonyl (C=O) groups excluding carboxylic acids is 1. The van der Waals surface area contributed by atoms with E-state index in [4.69, 9.17) is 0 Å². The van der Waals surface area contributed by atoms with Crippen LogP contribution in [0.4, 0.5) is 4.39 Å². The van der Waals surface area contributed by atoms with Gasteiger partial charge < -0.3 is 5.32 Å². The Balaban J connectivity index is 3.05. The number of nitrogens with one attached hydrogen (secondary N) is 1. The maximum Gasteiger partial charge on any atom is 0.251 e. The molecule has 0 atom stereocenters. The highest BCUT2D eigenvalue weighted by Crippen LogP contribution is 2.13. The van der Waals surface area contributed by atoms with Crippen LogP contribution in [-0.2, 0) is 0 Å². The van der Waals surface area contributed by atoms with E-state index in [1.165, 1.54) is 25.2 Å². The van der Waals surface area contributed by atoms with Crippen molar-refractivity contribution in [2.45, 2.75) is 4.90 Å². The molecule has 0 unspecified atom stereocenters. The molecule has 0 saturated carbocycles. The van der Waals surface area contributed by atoms with E-state index in [-0.39, 0.29) is 10.8 Å². The molecule has 4 heteroatoms. The van der Waals surface area contributed by atoms with Crippen LogP contribution in [0, 0.1) is 5.82 Å². The van der Waals surface area contributed by atoms with Gasteiger partial charge in [-0.2, -0.15) is 0 Å². The minimum absolute atomic E-state index is 0.177. The molecule has 64 valence electrons. The maximum absolute atomic E-state index is 12.7. The summed E-state index contributed by atoms with van der Waals surface area (Å²) < 4.78 is 12.7. The zero-order chi connectivity index (χ0) is 9.14. The van der Waals surface area contributed by atoms with E-state index in [0.717, 1.165) is 0 Å². The summed E-state index contributed by atoms with van der Waals surface area (Å²) in [5.41, 5.74) is 0.406. The normalized spacial score (nSPS) is 9.58. The number of benzene rings is 1. The third-order valence-corrected chi connectivity index (χ3v) is 1.78. The number of carbonyl (C=O) groups is 1. The first-order chi connectivity index (χ1) is 5.65. The Bertz CT molecular complexity index is 314. The highest BCUT2D eigenvalue weighted by molar-refractivity contribution is 7.80. The lowest BCUT2D eigenvalue weighted by molar-refractivity contribution is 0.0963. The largest absolute Gasteiger partial charge is 0.355 e. The van der Waals surface area contributed by atoms with Crippen LogP contribution in [0.1, 0.15) is 10.4 Å². The zero-order valence-corrected chi connectivity index (χ0v) is 7.36. The Morgan fingerprint density at radius 2 is 2.25 bits per heavy atom. The van der Waals surface area contributed by atoms with Crippen molar-refractivity contribution >= 4 is 18.5 Å². The molecule has 1 N–H and O–H groups in total. The molecule has 0 spiro atoms. The summed E-state index contributed by atoms with van der Waals surface area (Å²) in [5, 5.41) is 2.43. The van der Waals surface area contributed by atoms with Gasteiger partial charge in [-0.15, -0.1) is 12.6 Å². The van der Waals surface area contributed by atoms with Crippen molar-refractivity contribution in [2.24, 2.45) is 0 Å². The van der Waals surface area contributed by atoms with Crippen LogP contribution in [0.3, 0.4) is 0 Å². The lowest BCUT2D eigenvalue weighted by Gasteiger charge is -2.00. The molecular formula is C8H8FNOS. The first kappa shape index (κ1) is 9.06. The van der Waals surface area contributed by atoms with Gasteiger partial charge in [0, 0.05) is 17.5 Å². The van der Waals surface area contributed by atoms with Crippen LogP contribution in [-0.4, -0.2) is 13.0 Å². The smallest absolute Gasteiger partial charge is 0.251 e. The van der Waals surface area contributed by atoms with Crippen LogP contribution in [0.25, 0.3) is 0 Å². The fraction of sp³-hybridized carbons (Fsp3) is 0.125. The molecule has 0 aromatic heterocycles. The van der Waals surface area contributed by atoms with Crippen LogP contribution >= 0.6 is 12.6 Å².